The highest BCUT2D eigenvalue weighted by Crippen LogP contribution is 2.42. The van der Waals surface area contributed by atoms with Crippen LogP contribution in [0.2, 0.25) is 5.02 Å². The van der Waals surface area contributed by atoms with Crippen LogP contribution in [0.25, 0.3) is 0 Å². The zero-order valence-electron chi connectivity index (χ0n) is 16.5. The number of fused-ring (bicyclic) bond motifs is 1. The van der Waals surface area contributed by atoms with E-state index in [1.807, 2.05) is 0 Å². The predicted octanol–water partition coefficient (Wildman–Crippen LogP) is 2.56. The number of methoxy groups -OCH3 is 2. The molecule has 0 bridgehead atoms. The van der Waals surface area contributed by atoms with E-state index in [-0.39, 0.29) is 5.71 Å². The Bertz CT molecular complexity index is 1100. The number of hydrogen-bond donors (Lipinski definition) is 0. The minimum absolute atomic E-state index is 0.131. The van der Waals surface area contributed by atoms with Crippen LogP contribution in [-0.4, -0.2) is 43.8 Å². The highest BCUT2D eigenvalue weighted by atomic mass is 35.5. The van der Waals surface area contributed by atoms with E-state index in [4.69, 9.17) is 21.1 Å². The molecule has 0 radical (unpaired) electrons. The van der Waals surface area contributed by atoms with Gasteiger partial charge < -0.3 is 9.47 Å². The Morgan fingerprint density at radius 2 is 1.73 bits per heavy atom. The molecule has 4 rings (SSSR count). The first-order valence-corrected chi connectivity index (χ1v) is 9.50. The molecule has 8 nitrogen and oxygen atoms in total. The molecule has 2 aromatic carbocycles. The summed E-state index contributed by atoms with van der Waals surface area (Å²) in [5.41, 5.74) is 1.28. The van der Waals surface area contributed by atoms with E-state index in [1.165, 1.54) is 19.2 Å². The van der Waals surface area contributed by atoms with Crippen LogP contribution in [0.3, 0.4) is 0 Å². The minimum Gasteiger partial charge on any atom is -0.495 e. The lowest BCUT2D eigenvalue weighted by atomic mass is 9.97. The van der Waals surface area contributed by atoms with Crippen molar-refractivity contribution in [2.75, 3.05) is 24.1 Å². The van der Waals surface area contributed by atoms with E-state index in [1.54, 1.807) is 49.4 Å². The van der Waals surface area contributed by atoms with Crippen LogP contribution < -0.4 is 14.6 Å². The van der Waals surface area contributed by atoms with Gasteiger partial charge in [-0.2, -0.15) is 5.10 Å². The van der Waals surface area contributed by atoms with Crippen LogP contribution in [0.5, 0.6) is 5.75 Å². The third-order valence-corrected chi connectivity index (χ3v) is 5.67. The quantitative estimate of drug-likeness (QED) is 0.550. The lowest BCUT2D eigenvalue weighted by Gasteiger charge is -2.24. The van der Waals surface area contributed by atoms with Gasteiger partial charge in [-0.25, -0.2) is 14.7 Å². The van der Waals surface area contributed by atoms with Crippen molar-refractivity contribution in [1.29, 1.82) is 0 Å². The maximum atomic E-state index is 13.5. The van der Waals surface area contributed by atoms with Gasteiger partial charge >= 0.3 is 5.97 Å². The van der Waals surface area contributed by atoms with Gasteiger partial charge in [0.2, 0.25) is 5.91 Å². The van der Waals surface area contributed by atoms with Crippen LogP contribution in [0.1, 0.15) is 5.56 Å². The fourth-order valence-electron chi connectivity index (χ4n) is 3.78. The third-order valence-electron chi connectivity index (χ3n) is 5.26. The summed E-state index contributed by atoms with van der Waals surface area (Å²) in [5, 5.41) is 6.07. The van der Waals surface area contributed by atoms with Crippen molar-refractivity contribution in [3.8, 4) is 5.75 Å². The lowest BCUT2D eigenvalue weighted by Crippen LogP contribution is -2.39. The zero-order chi connectivity index (χ0) is 21.6. The number of para-hydroxylation sites is 2. The van der Waals surface area contributed by atoms with E-state index in [2.05, 4.69) is 5.10 Å². The summed E-state index contributed by atoms with van der Waals surface area (Å²) in [7, 11) is 2.69. The Kier molecular flexibility index (Phi) is 4.95. The molecule has 0 unspecified atom stereocenters. The van der Waals surface area contributed by atoms with Gasteiger partial charge in [0.25, 0.3) is 5.91 Å². The summed E-state index contributed by atoms with van der Waals surface area (Å²) >= 11 is 6.20. The van der Waals surface area contributed by atoms with Crippen LogP contribution in [0.4, 0.5) is 11.4 Å². The Morgan fingerprint density at radius 1 is 1.03 bits per heavy atom. The molecular weight excluding hydrogens is 410 g/mol. The Morgan fingerprint density at radius 3 is 2.43 bits per heavy atom. The number of nitrogens with zero attached hydrogens (tertiary/aromatic N) is 3. The number of imide groups is 1. The van der Waals surface area contributed by atoms with Gasteiger partial charge in [-0.15, -0.1) is 0 Å². The molecule has 0 spiro atoms. The largest absolute Gasteiger partial charge is 0.495 e. The Balaban J connectivity index is 1.86. The summed E-state index contributed by atoms with van der Waals surface area (Å²) in [6, 6.07) is 10.9. The second-order valence-electron chi connectivity index (χ2n) is 6.81. The minimum atomic E-state index is -1.10. The monoisotopic (exact) mass is 427 g/mol. The molecule has 0 N–H and O–H groups in total. The van der Waals surface area contributed by atoms with Crippen molar-refractivity contribution in [3.63, 3.8) is 0 Å². The first-order valence-electron chi connectivity index (χ1n) is 9.12. The molecule has 0 aliphatic carbocycles. The van der Waals surface area contributed by atoms with Gasteiger partial charge in [0.05, 0.1) is 19.9 Å². The number of carbonyl (C=O) groups excluding carboxylic acids is 3. The summed E-state index contributed by atoms with van der Waals surface area (Å²) in [4.78, 5) is 40.3. The summed E-state index contributed by atoms with van der Waals surface area (Å²) < 4.78 is 10.2. The number of carbonyl (C=O) groups is 3. The topological polar surface area (TPSA) is 88.5 Å². The zero-order valence-corrected chi connectivity index (χ0v) is 17.2. The fraction of sp³-hybridized carbons (Fsp3) is 0.238. The number of ether oxygens (including phenoxy) is 2. The van der Waals surface area contributed by atoms with Crippen LogP contribution in [-0.2, 0) is 19.1 Å². The van der Waals surface area contributed by atoms with Gasteiger partial charge in [-0.05, 0) is 36.8 Å². The molecule has 0 saturated carbocycles. The average Bonchev–Trinajstić information content (AvgIpc) is 3.27. The average molecular weight is 428 g/mol. The summed E-state index contributed by atoms with van der Waals surface area (Å²) in [6.45, 7) is 1.72. The molecule has 9 heteroatoms. The Hall–Kier alpha value is -3.39. The molecule has 2 heterocycles. The normalized spacial score (nSPS) is 20.3. The van der Waals surface area contributed by atoms with E-state index in [0.717, 1.165) is 4.90 Å². The van der Waals surface area contributed by atoms with E-state index >= 15 is 0 Å². The number of esters is 1. The SMILES string of the molecule is COC(=O)C1=NN(c2ccccc2OC)[C@H]2C(=O)N(c3cccc(Cl)c3C)C(=O)[C@H]12. The number of amides is 2. The predicted molar refractivity (Wildman–Crippen MR) is 111 cm³/mol. The second kappa shape index (κ2) is 7.46. The third kappa shape index (κ3) is 2.83. The molecule has 1 fully saturated rings. The van der Waals surface area contributed by atoms with Crippen LogP contribution in [0, 0.1) is 12.8 Å². The van der Waals surface area contributed by atoms with Crippen molar-refractivity contribution in [2.24, 2.45) is 11.0 Å². The van der Waals surface area contributed by atoms with Gasteiger partial charge in [0.1, 0.15) is 23.4 Å². The maximum Gasteiger partial charge on any atom is 0.355 e. The van der Waals surface area contributed by atoms with Crippen molar-refractivity contribution >= 4 is 46.5 Å². The maximum absolute atomic E-state index is 13.5. The van der Waals surface area contributed by atoms with Crippen molar-refractivity contribution < 1.29 is 23.9 Å². The van der Waals surface area contributed by atoms with E-state index in [9.17, 15) is 14.4 Å². The molecule has 1 saturated heterocycles. The number of hydrogen-bond acceptors (Lipinski definition) is 7. The summed E-state index contributed by atoms with van der Waals surface area (Å²) in [6.07, 6.45) is 0. The van der Waals surface area contributed by atoms with Crippen LogP contribution in [0.15, 0.2) is 47.6 Å². The molecule has 2 amide bonds. The molecule has 154 valence electrons. The first kappa shape index (κ1) is 19.9. The highest BCUT2D eigenvalue weighted by molar-refractivity contribution is 6.47. The standard InChI is InChI=1S/C21H18ClN3O5/c1-11-12(22)7-6-9-13(11)24-19(26)16-17(21(28)30-3)23-25(18(16)20(24)27)14-8-4-5-10-15(14)29-2/h4-10,16,18H,1-3H3/t16-,18-/m1/s1. The number of hydrazone groups is 1. The van der Waals surface area contributed by atoms with Crippen molar-refractivity contribution in [3.05, 3.63) is 53.1 Å². The highest BCUT2D eigenvalue weighted by Gasteiger charge is 2.59. The molecular formula is C21H18ClN3O5. The number of halogens is 1. The van der Waals surface area contributed by atoms with Gasteiger partial charge in [-0.1, -0.05) is 29.8 Å². The molecule has 2 aliphatic rings. The van der Waals surface area contributed by atoms with E-state index in [0.29, 0.717) is 27.7 Å². The van der Waals surface area contributed by atoms with E-state index < -0.39 is 29.7 Å². The van der Waals surface area contributed by atoms with Gasteiger partial charge in [0, 0.05) is 5.02 Å². The lowest BCUT2D eigenvalue weighted by molar-refractivity contribution is -0.133. The van der Waals surface area contributed by atoms with Crippen molar-refractivity contribution in [2.45, 2.75) is 13.0 Å². The molecule has 30 heavy (non-hydrogen) atoms. The van der Waals surface area contributed by atoms with Crippen molar-refractivity contribution in [1.82, 2.24) is 0 Å². The molecule has 2 aromatic rings. The smallest absolute Gasteiger partial charge is 0.355 e. The second-order valence-corrected chi connectivity index (χ2v) is 7.22. The molecule has 2 atom stereocenters. The molecule has 0 aromatic heterocycles. The van der Waals surface area contributed by atoms with Gasteiger partial charge in [0.15, 0.2) is 5.71 Å². The number of rotatable bonds is 4. The Labute approximate surface area is 177 Å². The number of benzene rings is 2. The summed E-state index contributed by atoms with van der Waals surface area (Å²) in [5.74, 6) is -2.49. The first-order chi connectivity index (χ1) is 14.4. The number of anilines is 2. The molecule has 2 aliphatic heterocycles. The fourth-order valence-corrected chi connectivity index (χ4v) is 3.95. The van der Waals surface area contributed by atoms with Crippen LogP contribution >= 0.6 is 11.6 Å². The van der Waals surface area contributed by atoms with Gasteiger partial charge in [-0.3, -0.25) is 9.59 Å².